The van der Waals surface area contributed by atoms with Crippen LogP contribution in [0.4, 0.5) is 5.69 Å². The van der Waals surface area contributed by atoms with Gasteiger partial charge in [-0.1, -0.05) is 0 Å². The number of hydrogen-bond donors (Lipinski definition) is 7. The molecule has 14 heteroatoms. The molecule has 14 nitrogen and oxygen atoms in total. The van der Waals surface area contributed by atoms with Crippen molar-refractivity contribution in [1.82, 2.24) is 30.4 Å². The fraction of sp³-hybridized carbons (Fsp3) is 0.312. The first-order valence-corrected chi connectivity index (χ1v) is 8.36. The highest BCUT2D eigenvalue weighted by molar-refractivity contribution is 5.93. The van der Waals surface area contributed by atoms with Gasteiger partial charge in [-0.25, -0.2) is 9.78 Å². The molecule has 0 bridgehead atoms. The number of carboxylic acid groups (broad SMARTS) is 1. The quantitative estimate of drug-likeness (QED) is 0.166. The first-order chi connectivity index (χ1) is 14.1. The van der Waals surface area contributed by atoms with Crippen molar-refractivity contribution in [3.8, 4) is 0 Å². The van der Waals surface area contributed by atoms with Gasteiger partial charge in [-0.3, -0.25) is 25.2 Å². The first kappa shape index (κ1) is 25.8. The highest BCUT2D eigenvalue weighted by atomic mass is 16.5. The number of H-pyrrole nitrogens is 3. The van der Waals surface area contributed by atoms with Gasteiger partial charge < -0.3 is 26.3 Å². The number of nitrogens with zero attached hydrogens (tertiary/aromatic N) is 3. The second-order valence-electron chi connectivity index (χ2n) is 5.29. The smallest absolute Gasteiger partial charge is 0.361 e. The van der Waals surface area contributed by atoms with Gasteiger partial charge in [-0.2, -0.15) is 10.2 Å². The van der Waals surface area contributed by atoms with Crippen LogP contribution in [0.2, 0.25) is 0 Å². The summed E-state index contributed by atoms with van der Waals surface area (Å²) in [7, 11) is 0. The van der Waals surface area contributed by atoms with Crippen LogP contribution in [0.1, 0.15) is 35.7 Å². The number of aromatic nitrogens is 6. The predicted octanol–water partition coefficient (Wildman–Crippen LogP) is 0.0747. The van der Waals surface area contributed by atoms with Crippen molar-refractivity contribution in [3.05, 3.63) is 33.8 Å². The summed E-state index contributed by atoms with van der Waals surface area (Å²) in [6.45, 7) is 6.70. The number of carbonyl (C=O) groups is 2. The highest BCUT2D eigenvalue weighted by Crippen LogP contribution is 2.13. The molecule has 0 fully saturated rings. The zero-order chi connectivity index (χ0) is 23.3. The van der Waals surface area contributed by atoms with Crippen LogP contribution in [0.3, 0.4) is 0 Å². The third-order valence-corrected chi connectivity index (χ3v) is 2.98. The summed E-state index contributed by atoms with van der Waals surface area (Å²) in [6, 6.07) is 0. The summed E-state index contributed by atoms with van der Waals surface area (Å²) in [5.74, 6) is -1.32. The van der Waals surface area contributed by atoms with E-state index in [1.54, 1.807) is 13.8 Å². The number of fused-ring (bicyclic) bond motifs is 1. The molecule has 0 aromatic carbocycles. The number of aromatic amines is 3. The molecule has 9 N–H and O–H groups in total. The minimum absolute atomic E-state index is 0.161. The maximum Gasteiger partial charge on any atom is 0.361 e. The number of hydrogen-bond acceptors (Lipinski definition) is 9. The van der Waals surface area contributed by atoms with Gasteiger partial charge in [0.25, 0.3) is 11.5 Å². The Labute approximate surface area is 170 Å². The summed E-state index contributed by atoms with van der Waals surface area (Å²) >= 11 is 0. The number of anilines is 1. The van der Waals surface area contributed by atoms with Gasteiger partial charge in [-0.15, -0.1) is 0 Å². The van der Waals surface area contributed by atoms with Gasteiger partial charge in [0.15, 0.2) is 11.2 Å². The van der Waals surface area contributed by atoms with E-state index in [9.17, 15) is 9.59 Å². The highest BCUT2D eigenvalue weighted by Gasteiger charge is 2.15. The van der Waals surface area contributed by atoms with E-state index < -0.39 is 11.9 Å². The molecule has 3 aromatic rings. The van der Waals surface area contributed by atoms with Crippen LogP contribution in [0.15, 0.2) is 11.1 Å². The Balaban J connectivity index is 0.000000431. The van der Waals surface area contributed by atoms with Crippen LogP contribution in [0, 0.1) is 19.3 Å². The lowest BCUT2D eigenvalue weighted by molar-refractivity contribution is -0.134. The SMILES string of the molecule is CC(=O)O.CCOC(=O)c1n[nH]c(C)c1N.Cc1[nH]nc2c(=O)[nH]cnc12.N=CN. The molecule has 164 valence electrons. The molecule has 0 amide bonds. The van der Waals surface area contributed by atoms with Crippen molar-refractivity contribution < 1.29 is 19.4 Å². The van der Waals surface area contributed by atoms with Crippen LogP contribution in [-0.4, -0.2) is 60.4 Å². The number of nitrogens with one attached hydrogen (secondary N) is 4. The predicted molar refractivity (Wildman–Crippen MR) is 109 cm³/mol. The van der Waals surface area contributed by atoms with E-state index in [0.29, 0.717) is 29.0 Å². The van der Waals surface area contributed by atoms with Crippen molar-refractivity contribution in [1.29, 1.82) is 5.41 Å². The molecule has 0 atom stereocenters. The summed E-state index contributed by atoms with van der Waals surface area (Å²) in [4.78, 5) is 37.5. The lowest BCUT2D eigenvalue weighted by Crippen LogP contribution is -2.07. The summed E-state index contributed by atoms with van der Waals surface area (Å²) < 4.78 is 4.72. The normalized spacial score (nSPS) is 9.07. The van der Waals surface area contributed by atoms with E-state index in [1.807, 2.05) is 6.92 Å². The molecule has 0 radical (unpaired) electrons. The summed E-state index contributed by atoms with van der Waals surface area (Å²) in [5.41, 5.74) is 12.7. The fourth-order valence-electron chi connectivity index (χ4n) is 1.76. The minimum Gasteiger partial charge on any atom is -0.481 e. The molecule has 0 saturated carbocycles. The monoisotopic (exact) mass is 423 g/mol. The van der Waals surface area contributed by atoms with Gasteiger partial charge in [0.1, 0.15) is 5.52 Å². The molecular weight excluding hydrogens is 398 g/mol. The van der Waals surface area contributed by atoms with Gasteiger partial charge in [-0.05, 0) is 20.8 Å². The Morgan fingerprint density at radius 3 is 2.20 bits per heavy atom. The number of nitrogens with two attached hydrogens (primary N) is 2. The molecule has 0 aliphatic rings. The van der Waals surface area contributed by atoms with Crippen molar-refractivity contribution >= 4 is 35.0 Å². The number of aryl methyl sites for hydroxylation is 2. The van der Waals surface area contributed by atoms with Gasteiger partial charge >= 0.3 is 5.97 Å². The van der Waals surface area contributed by atoms with Crippen molar-refractivity contribution in [2.75, 3.05) is 12.3 Å². The average molecular weight is 423 g/mol. The van der Waals surface area contributed by atoms with E-state index in [-0.39, 0.29) is 11.3 Å². The number of carbonyl (C=O) groups excluding carboxylic acids is 1. The van der Waals surface area contributed by atoms with Crippen molar-refractivity contribution in [2.24, 2.45) is 5.73 Å². The van der Waals surface area contributed by atoms with Crippen LogP contribution >= 0.6 is 0 Å². The number of nitrogen functional groups attached to an aromatic ring is 1. The number of rotatable bonds is 2. The Hall–Kier alpha value is -4.23. The van der Waals surface area contributed by atoms with E-state index >= 15 is 0 Å². The average Bonchev–Trinajstić information content (AvgIpc) is 3.20. The Kier molecular flexibility index (Phi) is 11.2. The number of esters is 1. The van der Waals surface area contributed by atoms with Crippen molar-refractivity contribution in [3.63, 3.8) is 0 Å². The largest absolute Gasteiger partial charge is 0.481 e. The van der Waals surface area contributed by atoms with E-state index in [4.69, 9.17) is 25.8 Å². The third-order valence-electron chi connectivity index (χ3n) is 2.98. The van der Waals surface area contributed by atoms with Crippen LogP contribution in [0.25, 0.3) is 11.0 Å². The summed E-state index contributed by atoms with van der Waals surface area (Å²) in [6.07, 6.45) is 2.12. The van der Waals surface area contributed by atoms with E-state index in [1.165, 1.54) is 6.33 Å². The number of aliphatic carboxylic acids is 1. The van der Waals surface area contributed by atoms with Crippen molar-refractivity contribution in [2.45, 2.75) is 27.7 Å². The minimum atomic E-state index is -0.833. The maximum atomic E-state index is 11.1. The summed E-state index contributed by atoms with van der Waals surface area (Å²) in [5, 5.41) is 26.1. The molecule has 0 unspecified atom stereocenters. The van der Waals surface area contributed by atoms with Gasteiger partial charge in [0, 0.05) is 6.92 Å². The standard InChI is InChI=1S/C7H11N3O2.C6H6N4O.C2H4O2.CH4N2/c1-3-12-7(11)6-5(8)4(2)9-10-6;1-3-4-5(10-9-3)6(11)8-2-7-4;1-2(3)4;2-1-3/h3,8H2,1-2H3,(H,9,10);2H,1H3,(H,9,10)(H,7,8,11);1H3,(H,3,4);1H,(H3,2,3). The molecule has 0 aliphatic carbocycles. The molecule has 3 heterocycles. The molecule has 0 spiro atoms. The fourth-order valence-corrected chi connectivity index (χ4v) is 1.76. The number of carboxylic acids is 1. The molecule has 0 aliphatic heterocycles. The molecular formula is C16H25N9O5. The third kappa shape index (κ3) is 8.20. The molecule has 3 aromatic heterocycles. The maximum absolute atomic E-state index is 11.1. The Morgan fingerprint density at radius 1 is 1.23 bits per heavy atom. The number of ether oxygens (including phenoxy) is 1. The van der Waals surface area contributed by atoms with Gasteiger partial charge in [0.2, 0.25) is 0 Å². The second-order valence-corrected chi connectivity index (χ2v) is 5.29. The zero-order valence-corrected chi connectivity index (χ0v) is 16.9. The molecule has 0 saturated heterocycles. The first-order valence-electron chi connectivity index (χ1n) is 8.36. The topological polar surface area (TPSA) is 243 Å². The Morgan fingerprint density at radius 2 is 1.77 bits per heavy atom. The van der Waals surface area contributed by atoms with Crippen LogP contribution in [0.5, 0.6) is 0 Å². The molecule has 30 heavy (non-hydrogen) atoms. The van der Waals surface area contributed by atoms with Gasteiger partial charge in [0.05, 0.1) is 36.3 Å². The lowest BCUT2D eigenvalue weighted by Gasteiger charge is -1.97. The van der Waals surface area contributed by atoms with E-state index in [0.717, 1.165) is 19.0 Å². The lowest BCUT2D eigenvalue weighted by atomic mass is 10.3. The Bertz CT molecular complexity index is 1020. The van der Waals surface area contributed by atoms with E-state index in [2.05, 4.69) is 36.1 Å². The second kappa shape index (κ2) is 13.0. The zero-order valence-electron chi connectivity index (χ0n) is 16.9. The van der Waals surface area contributed by atoms with Crippen LogP contribution < -0.4 is 17.0 Å². The van der Waals surface area contributed by atoms with Crippen LogP contribution in [-0.2, 0) is 9.53 Å². The molecule has 3 rings (SSSR count).